The lowest BCUT2D eigenvalue weighted by molar-refractivity contribution is 0.0982. The first-order valence-electron chi connectivity index (χ1n) is 6.77. The normalized spacial score (nSPS) is 10.3. The maximum Gasteiger partial charge on any atom is 0.163 e. The molecule has 2 rings (SSSR count). The lowest BCUT2D eigenvalue weighted by Gasteiger charge is -2.10. The molecule has 2 aromatic carbocycles. The molecule has 0 amide bonds. The Labute approximate surface area is 128 Å². The summed E-state index contributed by atoms with van der Waals surface area (Å²) in [5.74, 6) is 0.154. The lowest BCUT2D eigenvalue weighted by Crippen LogP contribution is -2.03. The van der Waals surface area contributed by atoms with Crippen molar-refractivity contribution >= 4 is 5.78 Å². The summed E-state index contributed by atoms with van der Waals surface area (Å²) in [7, 11) is 2.90. The number of ether oxygens (including phenoxy) is 2. The zero-order valence-electron chi connectivity index (χ0n) is 12.4. The summed E-state index contributed by atoms with van der Waals surface area (Å²) in [6.07, 6.45) is 0.372. The van der Waals surface area contributed by atoms with Crippen molar-refractivity contribution < 1.29 is 23.8 Å². The molecule has 0 aromatic heterocycles. The van der Waals surface area contributed by atoms with Gasteiger partial charge in [-0.1, -0.05) is 12.1 Å². The van der Waals surface area contributed by atoms with E-state index in [1.54, 1.807) is 12.1 Å². The summed E-state index contributed by atoms with van der Waals surface area (Å²) in [5.41, 5.74) is 0.784. The molecule has 116 valence electrons. The molecule has 0 aliphatic carbocycles. The summed E-state index contributed by atoms with van der Waals surface area (Å²) in [4.78, 5) is 12.1. The van der Waals surface area contributed by atoms with E-state index in [4.69, 9.17) is 9.47 Å². The van der Waals surface area contributed by atoms with Crippen LogP contribution in [-0.4, -0.2) is 25.1 Å². The second kappa shape index (κ2) is 6.93. The van der Waals surface area contributed by atoms with Crippen LogP contribution in [0.1, 0.15) is 22.3 Å². The van der Waals surface area contributed by atoms with Gasteiger partial charge in [0.05, 0.1) is 14.2 Å². The Morgan fingerprint density at radius 2 is 1.82 bits per heavy atom. The van der Waals surface area contributed by atoms with Gasteiger partial charge in [0.15, 0.2) is 17.3 Å². The van der Waals surface area contributed by atoms with Gasteiger partial charge >= 0.3 is 0 Å². The standard InChI is InChI=1S/C17H17FO4/c1-21-16-9-11(14(18)10-17(16)22-2)6-7-15(20)12-4-3-5-13(19)8-12/h3-5,8-10,19H,6-7H2,1-2H3. The molecule has 0 aliphatic heterocycles. The van der Waals surface area contributed by atoms with E-state index in [0.29, 0.717) is 22.6 Å². The molecule has 0 spiro atoms. The number of phenolic OH excluding ortho intramolecular Hbond substituents is 1. The predicted octanol–water partition coefficient (Wildman–Crippen LogP) is 3.36. The van der Waals surface area contributed by atoms with Gasteiger partial charge < -0.3 is 14.6 Å². The van der Waals surface area contributed by atoms with Crippen molar-refractivity contribution in [1.29, 1.82) is 0 Å². The van der Waals surface area contributed by atoms with Crippen molar-refractivity contribution in [1.82, 2.24) is 0 Å². The SMILES string of the molecule is COc1cc(F)c(CCC(=O)c2cccc(O)c2)cc1OC. The summed E-state index contributed by atoms with van der Waals surface area (Å²) in [6.45, 7) is 0. The molecule has 0 atom stereocenters. The third-order valence-electron chi connectivity index (χ3n) is 3.34. The highest BCUT2D eigenvalue weighted by Gasteiger charge is 2.13. The van der Waals surface area contributed by atoms with Crippen molar-refractivity contribution in [3.8, 4) is 17.2 Å². The monoisotopic (exact) mass is 304 g/mol. The molecule has 0 fully saturated rings. The molecule has 0 heterocycles. The number of Topliss-reactive ketones (excluding diaryl/α,β-unsaturated/α-hetero) is 1. The Hall–Kier alpha value is -2.56. The number of benzene rings is 2. The molecule has 0 unspecified atom stereocenters. The quantitative estimate of drug-likeness (QED) is 0.831. The molecule has 0 saturated carbocycles. The largest absolute Gasteiger partial charge is 0.508 e. The first-order valence-corrected chi connectivity index (χ1v) is 6.77. The summed E-state index contributed by atoms with van der Waals surface area (Å²) in [6, 6.07) is 8.88. The highest BCUT2D eigenvalue weighted by atomic mass is 19.1. The fourth-order valence-corrected chi connectivity index (χ4v) is 2.16. The number of rotatable bonds is 6. The van der Waals surface area contributed by atoms with Crippen molar-refractivity contribution in [3.63, 3.8) is 0 Å². The van der Waals surface area contributed by atoms with Gasteiger partial charge in [-0.15, -0.1) is 0 Å². The fraction of sp³-hybridized carbons (Fsp3) is 0.235. The number of hydrogen-bond donors (Lipinski definition) is 1. The van der Waals surface area contributed by atoms with Gasteiger partial charge in [-0.3, -0.25) is 4.79 Å². The minimum atomic E-state index is -0.443. The van der Waals surface area contributed by atoms with Crippen LogP contribution in [0, 0.1) is 5.82 Å². The number of halogens is 1. The van der Waals surface area contributed by atoms with Crippen LogP contribution in [0.15, 0.2) is 36.4 Å². The molecular formula is C17H17FO4. The minimum absolute atomic E-state index is 0.0307. The Morgan fingerprint density at radius 3 is 2.45 bits per heavy atom. The van der Waals surface area contributed by atoms with Crippen LogP contribution in [0.25, 0.3) is 0 Å². The molecule has 0 bridgehead atoms. The highest BCUT2D eigenvalue weighted by molar-refractivity contribution is 5.96. The molecule has 1 N–H and O–H groups in total. The maximum atomic E-state index is 14.0. The van der Waals surface area contributed by atoms with Gasteiger partial charge in [0.1, 0.15) is 11.6 Å². The van der Waals surface area contributed by atoms with Gasteiger partial charge in [0, 0.05) is 18.1 Å². The Morgan fingerprint density at radius 1 is 1.14 bits per heavy atom. The number of ketones is 1. The third kappa shape index (κ3) is 3.55. The van der Waals surface area contributed by atoms with Crippen LogP contribution in [0.2, 0.25) is 0 Å². The van der Waals surface area contributed by atoms with E-state index in [9.17, 15) is 14.3 Å². The van der Waals surface area contributed by atoms with Crippen LogP contribution >= 0.6 is 0 Å². The van der Waals surface area contributed by atoms with E-state index in [-0.39, 0.29) is 24.4 Å². The van der Waals surface area contributed by atoms with Gasteiger partial charge in [-0.2, -0.15) is 0 Å². The number of hydrogen-bond acceptors (Lipinski definition) is 4. The maximum absolute atomic E-state index is 14.0. The zero-order valence-corrected chi connectivity index (χ0v) is 12.4. The van der Waals surface area contributed by atoms with Crippen LogP contribution in [0.4, 0.5) is 4.39 Å². The van der Waals surface area contributed by atoms with E-state index < -0.39 is 5.82 Å². The van der Waals surface area contributed by atoms with Crippen molar-refractivity contribution in [3.05, 3.63) is 53.3 Å². The Kier molecular flexibility index (Phi) is 4.99. The second-order valence-corrected chi connectivity index (χ2v) is 4.77. The van der Waals surface area contributed by atoms with Gasteiger partial charge in [0.25, 0.3) is 0 Å². The van der Waals surface area contributed by atoms with Crippen molar-refractivity contribution in [2.45, 2.75) is 12.8 Å². The smallest absolute Gasteiger partial charge is 0.163 e. The average molecular weight is 304 g/mol. The number of aryl methyl sites for hydroxylation is 1. The summed E-state index contributed by atoms with van der Waals surface area (Å²) in [5, 5.41) is 9.37. The number of phenols is 1. The van der Waals surface area contributed by atoms with Gasteiger partial charge in [0.2, 0.25) is 0 Å². The number of carbonyl (C=O) groups excluding carboxylic acids is 1. The first kappa shape index (κ1) is 15.8. The van der Waals surface area contributed by atoms with Gasteiger partial charge in [-0.25, -0.2) is 4.39 Å². The second-order valence-electron chi connectivity index (χ2n) is 4.77. The number of aromatic hydroxyl groups is 1. The topological polar surface area (TPSA) is 55.8 Å². The molecular weight excluding hydrogens is 287 g/mol. The zero-order chi connectivity index (χ0) is 16.1. The van der Waals surface area contributed by atoms with Crippen LogP contribution in [0.3, 0.4) is 0 Å². The molecule has 2 aromatic rings. The summed E-state index contributed by atoms with van der Waals surface area (Å²) >= 11 is 0. The fourth-order valence-electron chi connectivity index (χ4n) is 2.16. The van der Waals surface area contributed by atoms with E-state index in [2.05, 4.69) is 0 Å². The number of methoxy groups -OCH3 is 2. The van der Waals surface area contributed by atoms with Gasteiger partial charge in [-0.05, 0) is 30.2 Å². The molecule has 0 radical (unpaired) electrons. The van der Waals surface area contributed by atoms with Crippen molar-refractivity contribution in [2.24, 2.45) is 0 Å². The molecule has 0 saturated heterocycles. The lowest BCUT2D eigenvalue weighted by atomic mass is 10.0. The van der Waals surface area contributed by atoms with E-state index >= 15 is 0 Å². The molecule has 22 heavy (non-hydrogen) atoms. The predicted molar refractivity (Wildman–Crippen MR) is 80.3 cm³/mol. The minimum Gasteiger partial charge on any atom is -0.508 e. The van der Waals surface area contributed by atoms with E-state index in [0.717, 1.165) is 0 Å². The summed E-state index contributed by atoms with van der Waals surface area (Å²) < 4.78 is 24.1. The van der Waals surface area contributed by atoms with Crippen LogP contribution < -0.4 is 9.47 Å². The van der Waals surface area contributed by atoms with Crippen LogP contribution in [0.5, 0.6) is 17.2 Å². The Bertz CT molecular complexity index is 682. The first-order chi connectivity index (χ1) is 10.5. The Balaban J connectivity index is 2.13. The molecule has 5 heteroatoms. The molecule has 4 nitrogen and oxygen atoms in total. The number of carbonyl (C=O) groups is 1. The van der Waals surface area contributed by atoms with Crippen LogP contribution in [-0.2, 0) is 6.42 Å². The molecule has 0 aliphatic rings. The highest BCUT2D eigenvalue weighted by Crippen LogP contribution is 2.30. The average Bonchev–Trinajstić information content (AvgIpc) is 2.53. The van der Waals surface area contributed by atoms with E-state index in [1.807, 2.05) is 0 Å². The van der Waals surface area contributed by atoms with E-state index in [1.165, 1.54) is 38.5 Å². The third-order valence-corrected chi connectivity index (χ3v) is 3.34. The van der Waals surface area contributed by atoms with Crippen molar-refractivity contribution in [2.75, 3.05) is 14.2 Å².